The molecule has 0 unspecified atom stereocenters. The Bertz CT molecular complexity index is 270. The van der Waals surface area contributed by atoms with Gasteiger partial charge in [-0.05, 0) is 28.9 Å². The van der Waals surface area contributed by atoms with Crippen molar-refractivity contribution in [2.24, 2.45) is 0 Å². The summed E-state index contributed by atoms with van der Waals surface area (Å²) in [7, 11) is 0. The maximum absolute atomic E-state index is 4.33. The number of aromatic nitrogens is 2. The predicted octanol–water partition coefficient (Wildman–Crippen LogP) is 2.21. The van der Waals surface area contributed by atoms with Crippen LogP contribution in [0.3, 0.4) is 0 Å². The van der Waals surface area contributed by atoms with Gasteiger partial charge in [-0.25, -0.2) is 0 Å². The Morgan fingerprint density at radius 2 is 2.29 bits per heavy atom. The molecule has 3 nitrogen and oxygen atoms in total. The average molecular weight is 260 g/mol. The van der Waals surface area contributed by atoms with E-state index in [0.717, 1.165) is 36.9 Å². The molecule has 14 heavy (non-hydrogen) atoms. The number of likely N-dealkylation sites (N-methyl/N-ethyl adjacent to an activating group) is 1. The van der Waals surface area contributed by atoms with Crippen LogP contribution < -0.4 is 5.32 Å². The van der Waals surface area contributed by atoms with Crippen molar-refractivity contribution in [3.63, 3.8) is 0 Å². The second-order valence-electron chi connectivity index (χ2n) is 3.27. The number of nitrogens with one attached hydrogen (secondary N) is 1. The van der Waals surface area contributed by atoms with E-state index in [1.54, 1.807) is 0 Å². The lowest BCUT2D eigenvalue weighted by Gasteiger charge is -2.06. The van der Waals surface area contributed by atoms with Crippen LogP contribution in [0.15, 0.2) is 10.7 Å². The molecule has 1 rings (SSSR count). The lowest BCUT2D eigenvalue weighted by Crippen LogP contribution is -2.18. The van der Waals surface area contributed by atoms with E-state index in [1.807, 2.05) is 6.20 Å². The first-order chi connectivity index (χ1) is 6.79. The summed E-state index contributed by atoms with van der Waals surface area (Å²) in [5.41, 5.74) is 1.30. The summed E-state index contributed by atoms with van der Waals surface area (Å²) >= 11 is 3.53. The molecule has 1 aromatic heterocycles. The van der Waals surface area contributed by atoms with Gasteiger partial charge in [0, 0.05) is 19.5 Å². The molecular weight excluding hydrogens is 242 g/mol. The van der Waals surface area contributed by atoms with Gasteiger partial charge in [0.05, 0.1) is 16.4 Å². The molecule has 0 aliphatic carbocycles. The number of hydrogen-bond acceptors (Lipinski definition) is 2. The molecule has 80 valence electrons. The third-order valence-corrected chi connectivity index (χ3v) is 2.78. The minimum absolute atomic E-state index is 1.01. The van der Waals surface area contributed by atoms with Crippen molar-refractivity contribution in [1.29, 1.82) is 0 Å². The molecule has 1 heterocycles. The fourth-order valence-electron chi connectivity index (χ4n) is 1.42. The monoisotopic (exact) mass is 259 g/mol. The van der Waals surface area contributed by atoms with Crippen LogP contribution >= 0.6 is 15.9 Å². The summed E-state index contributed by atoms with van der Waals surface area (Å²) in [6.07, 6.45) is 4.05. The van der Waals surface area contributed by atoms with Crippen LogP contribution in [-0.4, -0.2) is 22.9 Å². The molecule has 0 aliphatic rings. The van der Waals surface area contributed by atoms with Crippen LogP contribution in [0.2, 0.25) is 0 Å². The number of aryl methyl sites for hydroxylation is 1. The fraction of sp³-hybridized carbons (Fsp3) is 0.700. The first-order valence-corrected chi connectivity index (χ1v) is 5.99. The number of halogens is 1. The zero-order valence-electron chi connectivity index (χ0n) is 8.89. The lowest BCUT2D eigenvalue weighted by molar-refractivity contribution is 0.563. The van der Waals surface area contributed by atoms with Crippen LogP contribution in [-0.2, 0) is 13.0 Å². The van der Waals surface area contributed by atoms with E-state index >= 15 is 0 Å². The average Bonchev–Trinajstić information content (AvgIpc) is 2.50. The van der Waals surface area contributed by atoms with E-state index in [2.05, 4.69) is 44.9 Å². The van der Waals surface area contributed by atoms with Crippen molar-refractivity contribution in [3.05, 3.63) is 16.4 Å². The molecule has 0 aromatic carbocycles. The van der Waals surface area contributed by atoms with Gasteiger partial charge >= 0.3 is 0 Å². The van der Waals surface area contributed by atoms with Gasteiger partial charge in [0.15, 0.2) is 0 Å². The minimum Gasteiger partial charge on any atom is -0.317 e. The number of hydrogen-bond donors (Lipinski definition) is 1. The lowest BCUT2D eigenvalue weighted by atomic mass is 10.3. The minimum atomic E-state index is 1.01. The first-order valence-electron chi connectivity index (χ1n) is 5.20. The van der Waals surface area contributed by atoms with Gasteiger partial charge in [0.25, 0.3) is 0 Å². The first kappa shape index (κ1) is 11.7. The van der Waals surface area contributed by atoms with Gasteiger partial charge in [-0.2, -0.15) is 5.10 Å². The maximum Gasteiger partial charge on any atom is 0.0635 e. The molecule has 0 saturated carbocycles. The molecule has 0 fully saturated rings. The summed E-state index contributed by atoms with van der Waals surface area (Å²) in [4.78, 5) is 0. The van der Waals surface area contributed by atoms with Crippen molar-refractivity contribution < 1.29 is 0 Å². The summed E-state index contributed by atoms with van der Waals surface area (Å²) in [6.45, 7) is 7.35. The molecule has 0 atom stereocenters. The number of rotatable bonds is 6. The normalized spacial score (nSPS) is 10.8. The second-order valence-corrected chi connectivity index (χ2v) is 4.12. The predicted molar refractivity (Wildman–Crippen MR) is 62.5 cm³/mol. The molecule has 0 bridgehead atoms. The Kier molecular flexibility index (Phi) is 5.19. The third-order valence-electron chi connectivity index (χ3n) is 2.12. The van der Waals surface area contributed by atoms with Gasteiger partial charge in [-0.3, -0.25) is 4.68 Å². The van der Waals surface area contributed by atoms with E-state index in [9.17, 15) is 0 Å². The Hall–Kier alpha value is -0.350. The quantitative estimate of drug-likeness (QED) is 0.795. The summed E-state index contributed by atoms with van der Waals surface area (Å²) in [5, 5.41) is 7.65. The van der Waals surface area contributed by atoms with Gasteiger partial charge in [0.1, 0.15) is 0 Å². The SMILES string of the molecule is CCCn1ncc(Br)c1CCNCC. The second kappa shape index (κ2) is 6.19. The highest BCUT2D eigenvalue weighted by atomic mass is 79.9. The highest BCUT2D eigenvalue weighted by molar-refractivity contribution is 9.10. The highest BCUT2D eigenvalue weighted by Crippen LogP contribution is 2.16. The van der Waals surface area contributed by atoms with Crippen LogP contribution in [0.4, 0.5) is 0 Å². The Morgan fingerprint density at radius 1 is 1.50 bits per heavy atom. The Balaban J connectivity index is 2.57. The van der Waals surface area contributed by atoms with Gasteiger partial charge in [0.2, 0.25) is 0 Å². The molecule has 0 amide bonds. The maximum atomic E-state index is 4.33. The summed E-state index contributed by atoms with van der Waals surface area (Å²) in [5.74, 6) is 0. The van der Waals surface area contributed by atoms with Crippen molar-refractivity contribution in [2.75, 3.05) is 13.1 Å². The molecule has 1 N–H and O–H groups in total. The van der Waals surface area contributed by atoms with Gasteiger partial charge < -0.3 is 5.32 Å². The van der Waals surface area contributed by atoms with Crippen molar-refractivity contribution in [2.45, 2.75) is 33.2 Å². The summed E-state index contributed by atoms with van der Waals surface area (Å²) in [6, 6.07) is 0. The van der Waals surface area contributed by atoms with Crippen LogP contribution in [0.5, 0.6) is 0 Å². The molecule has 0 spiro atoms. The molecule has 0 saturated heterocycles. The standard InChI is InChI=1S/C10H18BrN3/c1-3-7-14-10(5-6-12-4-2)9(11)8-13-14/h8,12H,3-7H2,1-2H3. The smallest absolute Gasteiger partial charge is 0.0635 e. The molecule has 0 aliphatic heterocycles. The molecule has 1 aromatic rings. The van der Waals surface area contributed by atoms with Gasteiger partial charge in [-0.1, -0.05) is 13.8 Å². The van der Waals surface area contributed by atoms with Crippen LogP contribution in [0, 0.1) is 0 Å². The van der Waals surface area contributed by atoms with Crippen LogP contribution in [0.1, 0.15) is 26.0 Å². The number of nitrogens with zero attached hydrogens (tertiary/aromatic N) is 2. The van der Waals surface area contributed by atoms with E-state index in [0.29, 0.717) is 0 Å². The highest BCUT2D eigenvalue weighted by Gasteiger charge is 2.06. The van der Waals surface area contributed by atoms with Crippen molar-refractivity contribution in [1.82, 2.24) is 15.1 Å². The fourth-order valence-corrected chi connectivity index (χ4v) is 1.92. The topological polar surface area (TPSA) is 29.9 Å². The van der Waals surface area contributed by atoms with Gasteiger partial charge in [-0.15, -0.1) is 0 Å². The largest absolute Gasteiger partial charge is 0.317 e. The Labute approximate surface area is 94.0 Å². The van der Waals surface area contributed by atoms with E-state index in [-0.39, 0.29) is 0 Å². The van der Waals surface area contributed by atoms with Crippen LogP contribution in [0.25, 0.3) is 0 Å². The molecular formula is C10H18BrN3. The van der Waals surface area contributed by atoms with Crippen molar-refractivity contribution >= 4 is 15.9 Å². The van der Waals surface area contributed by atoms with E-state index < -0.39 is 0 Å². The molecule has 0 radical (unpaired) electrons. The third kappa shape index (κ3) is 3.10. The Morgan fingerprint density at radius 3 is 2.93 bits per heavy atom. The zero-order chi connectivity index (χ0) is 10.4. The van der Waals surface area contributed by atoms with E-state index in [1.165, 1.54) is 5.69 Å². The molecule has 4 heteroatoms. The van der Waals surface area contributed by atoms with E-state index in [4.69, 9.17) is 0 Å². The summed E-state index contributed by atoms with van der Waals surface area (Å²) < 4.78 is 3.21. The zero-order valence-corrected chi connectivity index (χ0v) is 10.5. The van der Waals surface area contributed by atoms with Crippen molar-refractivity contribution in [3.8, 4) is 0 Å².